The number of hydrogen-bond donors (Lipinski definition) is 2. The highest BCUT2D eigenvalue weighted by Gasteiger charge is 2.47. The van der Waals surface area contributed by atoms with Crippen LogP contribution in [0.3, 0.4) is 0 Å². The molecule has 0 spiro atoms. The zero-order valence-corrected chi connectivity index (χ0v) is 14.9. The lowest BCUT2D eigenvalue weighted by atomic mass is 10.2. The highest BCUT2D eigenvalue weighted by molar-refractivity contribution is 8.20. The normalized spacial score (nSPS) is 31.4. The molecular weight excluding hydrogens is 340 g/mol. The lowest BCUT2D eigenvalue weighted by Gasteiger charge is -2.46. The molecule has 136 valence electrons. The minimum atomic E-state index is -2.95. The molecule has 3 aliphatic heterocycles. The Hall–Kier alpha value is -1.57. The molecule has 0 radical (unpaired) electrons. The van der Waals surface area contributed by atoms with Crippen molar-refractivity contribution in [3.8, 4) is 6.19 Å². The van der Waals surface area contributed by atoms with Crippen LogP contribution in [0.4, 0.5) is 5.82 Å². The van der Waals surface area contributed by atoms with Crippen molar-refractivity contribution in [2.75, 3.05) is 44.2 Å². The molecule has 0 aromatic carbocycles. The molecule has 0 aliphatic carbocycles. The zero-order valence-electron chi connectivity index (χ0n) is 14.1. The first-order valence-electron chi connectivity index (χ1n) is 8.72. The first kappa shape index (κ1) is 16.9. The Morgan fingerprint density at radius 3 is 2.40 bits per heavy atom. The van der Waals surface area contributed by atoms with Gasteiger partial charge in [0.25, 0.3) is 0 Å². The maximum Gasteiger partial charge on any atom is 0.179 e. The van der Waals surface area contributed by atoms with E-state index in [1.54, 1.807) is 11.1 Å². The van der Waals surface area contributed by atoms with Gasteiger partial charge in [-0.25, -0.2) is 4.98 Å². The van der Waals surface area contributed by atoms with Gasteiger partial charge in [0.1, 0.15) is 5.82 Å². The van der Waals surface area contributed by atoms with E-state index < -0.39 is 11.0 Å². The van der Waals surface area contributed by atoms with Crippen molar-refractivity contribution in [1.29, 1.82) is 5.26 Å². The molecule has 3 saturated heterocycles. The predicted octanol–water partition coefficient (Wildman–Crippen LogP) is 1.41. The van der Waals surface area contributed by atoms with E-state index in [-0.39, 0.29) is 12.1 Å². The quantitative estimate of drug-likeness (QED) is 0.778. The Balaban J connectivity index is 1.43. The largest absolute Gasteiger partial charge is 0.355 e. The van der Waals surface area contributed by atoms with Crippen LogP contribution in [0.25, 0.3) is 0 Å². The van der Waals surface area contributed by atoms with Crippen molar-refractivity contribution in [2.45, 2.75) is 24.9 Å². The molecule has 0 saturated carbocycles. The number of hydrogen-bond acceptors (Lipinski definition) is 8. The summed E-state index contributed by atoms with van der Waals surface area (Å²) in [7, 11) is -2.95. The summed E-state index contributed by atoms with van der Waals surface area (Å²) in [4.78, 5) is 8.30. The van der Waals surface area contributed by atoms with Gasteiger partial charge in [-0.1, -0.05) is 17.0 Å². The van der Waals surface area contributed by atoms with Crippen LogP contribution in [0.5, 0.6) is 0 Å². The topological polar surface area (TPSA) is 90.1 Å². The number of likely N-dealkylation sites (tertiary alicyclic amines) is 1. The Kier molecular flexibility index (Phi) is 4.47. The van der Waals surface area contributed by atoms with Crippen LogP contribution in [0.15, 0.2) is 24.4 Å². The number of nitrogens with zero attached hydrogens (tertiary/aromatic N) is 6. The molecule has 4 heterocycles. The molecule has 1 aromatic rings. The molecule has 25 heavy (non-hydrogen) atoms. The van der Waals surface area contributed by atoms with Gasteiger partial charge in [-0.15, -0.1) is 0 Å². The van der Waals surface area contributed by atoms with E-state index in [1.807, 2.05) is 26.8 Å². The highest BCUT2D eigenvalue weighted by Crippen LogP contribution is 2.55. The average Bonchev–Trinajstić information content (AvgIpc) is 3.33. The molecule has 1 unspecified atom stereocenters. The van der Waals surface area contributed by atoms with Gasteiger partial charge in [-0.05, 0) is 25.0 Å². The van der Waals surface area contributed by atoms with Gasteiger partial charge in [-0.3, -0.25) is 9.11 Å². The summed E-state index contributed by atoms with van der Waals surface area (Å²) in [6.45, 7) is 4.22. The lowest BCUT2D eigenvalue weighted by molar-refractivity contribution is 0.289. The fraction of sp³-hybridized carbons (Fsp3) is 0.625. The summed E-state index contributed by atoms with van der Waals surface area (Å²) in [5.41, 5.74) is 0. The Morgan fingerprint density at radius 1 is 1.04 bits per heavy atom. The molecule has 1 aromatic heterocycles. The minimum Gasteiger partial charge on any atom is -0.355 e. The Labute approximate surface area is 149 Å². The summed E-state index contributed by atoms with van der Waals surface area (Å²) in [5.74, 6) is 0.943. The molecule has 8 nitrogen and oxygen atoms in total. The highest BCUT2D eigenvalue weighted by atomic mass is 32.3. The molecule has 0 bridgehead atoms. The van der Waals surface area contributed by atoms with Gasteiger partial charge >= 0.3 is 0 Å². The summed E-state index contributed by atoms with van der Waals surface area (Å²) >= 11 is 0. The fourth-order valence-electron chi connectivity index (χ4n) is 4.14. The molecule has 9 heteroatoms. The maximum absolute atomic E-state index is 10.9. The van der Waals surface area contributed by atoms with Crippen LogP contribution < -0.4 is 4.90 Å². The van der Waals surface area contributed by atoms with E-state index in [4.69, 9.17) is 5.26 Å². The third kappa shape index (κ3) is 3.05. The number of nitriles is 1. The standard InChI is InChI=1S/C16H24N6O2S/c17-13-19-7-4-14(11-19)21-9-10-22(25(21,23)24)15-5-8-20(12-15)16-3-1-2-6-18-16/h1-3,6,14-15,23-24H,4-5,7-12H2/t14-,15?/m1/s1. The van der Waals surface area contributed by atoms with Gasteiger partial charge in [0, 0.05) is 51.5 Å². The Morgan fingerprint density at radius 2 is 1.76 bits per heavy atom. The first-order chi connectivity index (χ1) is 12.1. The van der Waals surface area contributed by atoms with Crippen molar-refractivity contribution in [3.63, 3.8) is 0 Å². The minimum absolute atomic E-state index is 0.0444. The molecule has 0 amide bonds. The van der Waals surface area contributed by atoms with Gasteiger partial charge in [-0.2, -0.15) is 13.9 Å². The van der Waals surface area contributed by atoms with E-state index in [1.165, 1.54) is 0 Å². The molecular formula is C16H24N6O2S. The number of aromatic nitrogens is 1. The van der Waals surface area contributed by atoms with Gasteiger partial charge < -0.3 is 9.80 Å². The van der Waals surface area contributed by atoms with Crippen LogP contribution in [-0.2, 0) is 0 Å². The molecule has 2 N–H and O–H groups in total. The smallest absolute Gasteiger partial charge is 0.179 e. The van der Waals surface area contributed by atoms with E-state index >= 15 is 0 Å². The summed E-state index contributed by atoms with van der Waals surface area (Å²) in [6.07, 6.45) is 5.65. The molecule has 3 aliphatic rings. The number of pyridine rings is 1. The van der Waals surface area contributed by atoms with Gasteiger partial charge in [0.05, 0.1) is 6.04 Å². The molecule has 2 atom stereocenters. The van der Waals surface area contributed by atoms with E-state index in [0.29, 0.717) is 26.2 Å². The van der Waals surface area contributed by atoms with E-state index in [9.17, 15) is 9.11 Å². The predicted molar refractivity (Wildman–Crippen MR) is 96.7 cm³/mol. The molecule has 3 fully saturated rings. The average molecular weight is 364 g/mol. The van der Waals surface area contributed by atoms with Crippen molar-refractivity contribution in [1.82, 2.24) is 18.5 Å². The van der Waals surface area contributed by atoms with Crippen molar-refractivity contribution in [3.05, 3.63) is 24.4 Å². The molecule has 4 rings (SSSR count). The summed E-state index contributed by atoms with van der Waals surface area (Å²) < 4.78 is 25.5. The van der Waals surface area contributed by atoms with Crippen molar-refractivity contribution < 1.29 is 9.11 Å². The van der Waals surface area contributed by atoms with E-state index in [0.717, 1.165) is 31.7 Å². The van der Waals surface area contributed by atoms with Crippen LogP contribution in [0, 0.1) is 11.5 Å². The maximum atomic E-state index is 10.9. The summed E-state index contributed by atoms with van der Waals surface area (Å²) in [5, 5.41) is 9.04. The third-order valence-corrected chi connectivity index (χ3v) is 7.65. The number of anilines is 1. The SMILES string of the molecule is N#CN1CC[C@@H](N2CCN(C3CCN(c4ccccn4)C3)S2(O)O)C1. The van der Waals surface area contributed by atoms with Crippen LogP contribution in [0.2, 0.25) is 0 Å². The van der Waals surface area contributed by atoms with Crippen LogP contribution in [-0.4, -0.2) is 79.0 Å². The van der Waals surface area contributed by atoms with Crippen LogP contribution >= 0.6 is 11.0 Å². The zero-order chi connectivity index (χ0) is 17.4. The number of rotatable bonds is 3. The second kappa shape index (κ2) is 6.63. The van der Waals surface area contributed by atoms with Gasteiger partial charge in [0.2, 0.25) is 0 Å². The van der Waals surface area contributed by atoms with Crippen LogP contribution in [0.1, 0.15) is 12.8 Å². The monoisotopic (exact) mass is 364 g/mol. The second-order valence-corrected chi connectivity index (χ2v) is 8.75. The summed E-state index contributed by atoms with van der Waals surface area (Å²) in [6, 6.07) is 6.03. The first-order valence-corrected chi connectivity index (χ1v) is 10.2. The van der Waals surface area contributed by atoms with Crippen molar-refractivity contribution >= 4 is 16.8 Å². The Bertz CT molecular complexity index is 654. The third-order valence-electron chi connectivity index (χ3n) is 5.43. The van der Waals surface area contributed by atoms with E-state index in [2.05, 4.69) is 16.1 Å². The second-order valence-electron chi connectivity index (χ2n) is 6.84. The fourth-order valence-corrected chi connectivity index (χ4v) is 6.20. The van der Waals surface area contributed by atoms with Crippen molar-refractivity contribution in [2.24, 2.45) is 0 Å². The van der Waals surface area contributed by atoms with Gasteiger partial charge in [0.15, 0.2) is 6.19 Å². The lowest BCUT2D eigenvalue weighted by Crippen LogP contribution is -2.41.